The van der Waals surface area contributed by atoms with Crippen molar-refractivity contribution in [2.75, 3.05) is 19.3 Å². The van der Waals surface area contributed by atoms with Gasteiger partial charge in [0.25, 0.3) is 0 Å². The number of hydrogen-bond donors (Lipinski definition) is 2. The molecule has 0 aromatic carbocycles. The van der Waals surface area contributed by atoms with E-state index < -0.39 is 9.84 Å². The zero-order valence-electron chi connectivity index (χ0n) is 21.9. The van der Waals surface area contributed by atoms with Gasteiger partial charge < -0.3 is 10.2 Å². The molecule has 1 saturated heterocycles. The van der Waals surface area contributed by atoms with Gasteiger partial charge in [0, 0.05) is 38.0 Å². The van der Waals surface area contributed by atoms with E-state index in [0.29, 0.717) is 43.5 Å². The minimum absolute atomic E-state index is 0.0419. The normalized spacial score (nSPS) is 34.5. The van der Waals surface area contributed by atoms with Crippen LogP contribution in [0, 0.1) is 17.8 Å². The minimum Gasteiger partial charge on any atom is -0.353 e. The van der Waals surface area contributed by atoms with Gasteiger partial charge in [-0.05, 0) is 96.3 Å². The molecule has 1 aliphatic heterocycles. The second-order valence-corrected chi connectivity index (χ2v) is 14.0. The number of hydrogen-bond acceptors (Lipinski definition) is 6. The fourth-order valence-corrected chi connectivity index (χ4v) is 8.78. The quantitative estimate of drug-likeness (QED) is 0.495. The number of sulfone groups is 1. The molecule has 200 valence electrons. The maximum Gasteiger partial charge on any atom is 0.226 e. The van der Waals surface area contributed by atoms with Crippen molar-refractivity contribution in [1.29, 1.82) is 0 Å². The van der Waals surface area contributed by atoms with Crippen molar-refractivity contribution in [1.82, 2.24) is 20.7 Å². The number of carbonyl (C=O) groups is 2. The molecule has 2 unspecified atom stereocenters. The Balaban J connectivity index is 1.16. The Kier molecular flexibility index (Phi) is 8.80. The molecule has 9 heteroatoms. The number of carbonyl (C=O) groups excluding carboxylic acids is 2. The van der Waals surface area contributed by atoms with Crippen molar-refractivity contribution in [2.24, 2.45) is 17.8 Å². The van der Waals surface area contributed by atoms with Crippen LogP contribution in [0.2, 0.25) is 0 Å². The predicted octanol–water partition coefficient (Wildman–Crippen LogP) is 2.84. The Hall–Kier alpha value is -1.19. The summed E-state index contributed by atoms with van der Waals surface area (Å²) in [5, 5.41) is 5.08. The molecule has 4 fully saturated rings. The summed E-state index contributed by atoms with van der Waals surface area (Å²) in [5.41, 5.74) is 3.38. The summed E-state index contributed by atoms with van der Waals surface area (Å²) in [6.07, 6.45) is 10.1. The van der Waals surface area contributed by atoms with Crippen molar-refractivity contribution < 1.29 is 18.0 Å². The summed E-state index contributed by atoms with van der Waals surface area (Å²) in [7, 11) is -0.954. The van der Waals surface area contributed by atoms with E-state index in [1.807, 2.05) is 11.9 Å². The van der Waals surface area contributed by atoms with Gasteiger partial charge in [0.1, 0.15) is 0 Å². The summed E-state index contributed by atoms with van der Waals surface area (Å²) in [4.78, 5) is 28.0. The highest BCUT2D eigenvalue weighted by Crippen LogP contribution is 2.36. The molecule has 2 amide bonds. The molecule has 0 aromatic heterocycles. The van der Waals surface area contributed by atoms with Crippen LogP contribution in [0.25, 0.3) is 0 Å². The van der Waals surface area contributed by atoms with Gasteiger partial charge in [-0.3, -0.25) is 15.0 Å². The van der Waals surface area contributed by atoms with E-state index in [1.54, 1.807) is 0 Å². The van der Waals surface area contributed by atoms with Gasteiger partial charge >= 0.3 is 0 Å². The van der Waals surface area contributed by atoms with Crippen LogP contribution in [-0.4, -0.2) is 73.0 Å². The fourth-order valence-electron chi connectivity index (χ4n) is 6.52. The highest BCUT2D eigenvalue weighted by molar-refractivity contribution is 7.92. The van der Waals surface area contributed by atoms with E-state index in [4.69, 9.17) is 0 Å². The zero-order valence-corrected chi connectivity index (χ0v) is 22.7. The van der Waals surface area contributed by atoms with E-state index in [-0.39, 0.29) is 41.1 Å². The Morgan fingerprint density at radius 2 is 1.60 bits per heavy atom. The van der Waals surface area contributed by atoms with Gasteiger partial charge in [-0.1, -0.05) is 0 Å². The Bertz CT molecular complexity index is 845. The second-order valence-electron chi connectivity index (χ2n) is 11.7. The molecule has 35 heavy (non-hydrogen) atoms. The standard InChI is InChI=1S/C26H46N4O4S/c1-4-30(25-15-18(2)28-29(25)3)26(32)21-9-11-22(12-10-21)27-24(31)16-19-7-13-23(14-8-19)35(33,34)17-20-5-6-20/h18-23,25,28H,4-17H2,1-3H3,(H,27,31). The average Bonchev–Trinajstić information content (AvgIpc) is 3.56. The van der Waals surface area contributed by atoms with Crippen molar-refractivity contribution in [2.45, 2.75) is 114 Å². The molecular formula is C26H46N4O4S. The second kappa shape index (κ2) is 11.5. The van der Waals surface area contributed by atoms with E-state index in [2.05, 4.69) is 29.6 Å². The first-order valence-corrected chi connectivity index (χ1v) is 15.7. The molecule has 3 aliphatic carbocycles. The Labute approximate surface area is 211 Å². The lowest BCUT2D eigenvalue weighted by Gasteiger charge is -2.37. The third-order valence-corrected chi connectivity index (χ3v) is 11.2. The Morgan fingerprint density at radius 3 is 2.14 bits per heavy atom. The summed E-state index contributed by atoms with van der Waals surface area (Å²) in [5.74, 6) is 1.45. The van der Waals surface area contributed by atoms with E-state index in [9.17, 15) is 18.0 Å². The van der Waals surface area contributed by atoms with Crippen LogP contribution in [0.5, 0.6) is 0 Å². The molecule has 2 N–H and O–H groups in total. The van der Waals surface area contributed by atoms with Crippen molar-refractivity contribution >= 4 is 21.7 Å². The van der Waals surface area contributed by atoms with E-state index in [1.165, 1.54) is 0 Å². The molecular weight excluding hydrogens is 464 g/mol. The molecule has 3 saturated carbocycles. The van der Waals surface area contributed by atoms with Crippen LogP contribution >= 0.6 is 0 Å². The van der Waals surface area contributed by atoms with Crippen molar-refractivity contribution in [3.8, 4) is 0 Å². The largest absolute Gasteiger partial charge is 0.353 e. The first kappa shape index (κ1) is 26.9. The Morgan fingerprint density at radius 1 is 0.971 bits per heavy atom. The van der Waals surface area contributed by atoms with Crippen LogP contribution < -0.4 is 10.7 Å². The topological polar surface area (TPSA) is 98.8 Å². The van der Waals surface area contributed by atoms with Gasteiger partial charge in [0.05, 0.1) is 17.2 Å². The lowest BCUT2D eigenvalue weighted by atomic mass is 9.84. The lowest BCUT2D eigenvalue weighted by Crippen LogP contribution is -2.51. The third kappa shape index (κ3) is 6.98. The molecule has 0 spiro atoms. The van der Waals surface area contributed by atoms with Crippen LogP contribution in [0.4, 0.5) is 0 Å². The zero-order chi connectivity index (χ0) is 25.2. The smallest absolute Gasteiger partial charge is 0.226 e. The maximum absolute atomic E-state index is 13.3. The lowest BCUT2D eigenvalue weighted by molar-refractivity contribution is -0.142. The molecule has 0 bridgehead atoms. The van der Waals surface area contributed by atoms with Gasteiger partial charge in [-0.25, -0.2) is 13.4 Å². The van der Waals surface area contributed by atoms with Crippen LogP contribution in [0.15, 0.2) is 0 Å². The summed E-state index contributed by atoms with van der Waals surface area (Å²) < 4.78 is 25.1. The van der Waals surface area contributed by atoms with Gasteiger partial charge in [-0.15, -0.1) is 0 Å². The maximum atomic E-state index is 13.3. The molecule has 0 radical (unpaired) electrons. The number of nitrogens with one attached hydrogen (secondary N) is 2. The van der Waals surface area contributed by atoms with Crippen LogP contribution in [-0.2, 0) is 19.4 Å². The number of rotatable bonds is 9. The average molecular weight is 511 g/mol. The molecule has 4 aliphatic rings. The van der Waals surface area contributed by atoms with Gasteiger partial charge in [0.2, 0.25) is 11.8 Å². The molecule has 8 nitrogen and oxygen atoms in total. The predicted molar refractivity (Wildman–Crippen MR) is 137 cm³/mol. The monoisotopic (exact) mass is 510 g/mol. The molecule has 4 rings (SSSR count). The van der Waals surface area contributed by atoms with Crippen molar-refractivity contribution in [3.63, 3.8) is 0 Å². The van der Waals surface area contributed by atoms with Crippen LogP contribution in [0.3, 0.4) is 0 Å². The molecule has 0 aromatic rings. The number of hydrazine groups is 1. The SMILES string of the molecule is CCN(C(=O)C1CCC(NC(=O)CC2CCC(S(=O)(=O)CC3CC3)CC2)CC1)C1CC(C)NN1C. The highest BCUT2D eigenvalue weighted by atomic mass is 32.2. The number of amides is 2. The fraction of sp³-hybridized carbons (Fsp3) is 0.923. The number of nitrogens with zero attached hydrogens (tertiary/aromatic N) is 2. The van der Waals surface area contributed by atoms with E-state index in [0.717, 1.165) is 57.8 Å². The summed E-state index contributed by atoms with van der Waals surface area (Å²) >= 11 is 0. The summed E-state index contributed by atoms with van der Waals surface area (Å²) in [6.45, 7) is 4.91. The van der Waals surface area contributed by atoms with Crippen molar-refractivity contribution in [3.05, 3.63) is 0 Å². The highest BCUT2D eigenvalue weighted by Gasteiger charge is 2.38. The summed E-state index contributed by atoms with van der Waals surface area (Å²) in [6, 6.07) is 0.521. The van der Waals surface area contributed by atoms with Crippen LogP contribution in [0.1, 0.15) is 90.9 Å². The van der Waals surface area contributed by atoms with Gasteiger partial charge in [-0.2, -0.15) is 0 Å². The first-order valence-electron chi connectivity index (χ1n) is 14.0. The van der Waals surface area contributed by atoms with Gasteiger partial charge in [0.15, 0.2) is 9.84 Å². The minimum atomic E-state index is -2.96. The first-order chi connectivity index (χ1) is 16.7. The third-order valence-electron chi connectivity index (χ3n) is 8.80. The molecule has 1 heterocycles. The van der Waals surface area contributed by atoms with E-state index >= 15 is 0 Å². The molecule has 2 atom stereocenters.